The van der Waals surface area contributed by atoms with Gasteiger partial charge in [-0.3, -0.25) is 14.4 Å². The third-order valence-electron chi connectivity index (χ3n) is 4.48. The van der Waals surface area contributed by atoms with Gasteiger partial charge in [0.1, 0.15) is 0 Å². The van der Waals surface area contributed by atoms with Crippen molar-refractivity contribution in [3.63, 3.8) is 0 Å². The normalized spacial score (nSPS) is 17.5. The van der Waals surface area contributed by atoms with E-state index in [2.05, 4.69) is 0 Å². The summed E-state index contributed by atoms with van der Waals surface area (Å²) in [7, 11) is 1.60. The summed E-state index contributed by atoms with van der Waals surface area (Å²) in [5.74, 6) is -1.78. The first-order chi connectivity index (χ1) is 12.0. The van der Waals surface area contributed by atoms with Crippen LogP contribution in [0, 0.1) is 5.92 Å². The van der Waals surface area contributed by atoms with E-state index in [0.717, 1.165) is 10.1 Å². The summed E-state index contributed by atoms with van der Waals surface area (Å²) in [5, 5.41) is 10.1. The quantitative estimate of drug-likeness (QED) is 0.907. The fourth-order valence-corrected chi connectivity index (χ4v) is 4.11. The summed E-state index contributed by atoms with van der Waals surface area (Å²) >= 11 is 1.41. The number of nitrogens with zero attached hydrogens (tertiary/aromatic N) is 2. The average Bonchev–Trinajstić information content (AvgIpc) is 3.05. The fourth-order valence-electron chi connectivity index (χ4n) is 3.06. The van der Waals surface area contributed by atoms with Gasteiger partial charge in [0.2, 0.25) is 5.91 Å². The van der Waals surface area contributed by atoms with Crippen molar-refractivity contribution in [3.05, 3.63) is 35.2 Å². The average molecular weight is 360 g/mol. The summed E-state index contributed by atoms with van der Waals surface area (Å²) in [5.41, 5.74) is 0. The number of hydrogen-bond acceptors (Lipinski definition) is 4. The number of likely N-dealkylation sites (tertiary alicyclic amines) is 1. The molecule has 1 unspecified atom stereocenters. The Balaban J connectivity index is 1.64. The molecule has 0 saturated carbocycles. The Morgan fingerprint density at radius 2 is 2.08 bits per heavy atom. The first-order valence-electron chi connectivity index (χ1n) is 8.20. The number of amides is 2. The van der Waals surface area contributed by atoms with Crippen LogP contribution in [0.3, 0.4) is 0 Å². The number of aliphatic carboxylic acids is 1. The number of carboxylic acids is 1. The van der Waals surface area contributed by atoms with Gasteiger partial charge in [-0.25, -0.2) is 0 Å². The molecule has 1 aromatic carbocycles. The number of hydrogen-bond donors (Lipinski definition) is 1. The number of carbonyl (C=O) groups excluding carboxylic acids is 2. The number of carbonyl (C=O) groups is 3. The number of fused-ring (bicyclic) bond motifs is 1. The first-order valence-corrected chi connectivity index (χ1v) is 9.02. The Labute approximate surface area is 149 Å². The minimum absolute atomic E-state index is 0.0422. The molecule has 6 nitrogen and oxygen atoms in total. The summed E-state index contributed by atoms with van der Waals surface area (Å²) in [6.45, 7) is 0.728. The van der Waals surface area contributed by atoms with E-state index in [0.29, 0.717) is 24.3 Å². The maximum atomic E-state index is 12.6. The van der Waals surface area contributed by atoms with Crippen LogP contribution < -0.4 is 0 Å². The van der Waals surface area contributed by atoms with Crippen molar-refractivity contribution < 1.29 is 19.5 Å². The predicted molar refractivity (Wildman–Crippen MR) is 95.7 cm³/mol. The van der Waals surface area contributed by atoms with Crippen molar-refractivity contribution in [1.82, 2.24) is 9.80 Å². The number of benzene rings is 1. The monoisotopic (exact) mass is 360 g/mol. The van der Waals surface area contributed by atoms with Gasteiger partial charge in [0.25, 0.3) is 5.91 Å². The highest BCUT2D eigenvalue weighted by Crippen LogP contribution is 2.26. The molecule has 2 aromatic rings. The zero-order valence-electron chi connectivity index (χ0n) is 14.0. The summed E-state index contributed by atoms with van der Waals surface area (Å²) in [6, 6.07) is 9.60. The predicted octanol–water partition coefficient (Wildman–Crippen LogP) is 2.30. The van der Waals surface area contributed by atoms with Crippen LogP contribution >= 0.6 is 11.3 Å². The van der Waals surface area contributed by atoms with Gasteiger partial charge < -0.3 is 14.9 Å². The van der Waals surface area contributed by atoms with Crippen LogP contribution in [0.2, 0.25) is 0 Å². The minimum Gasteiger partial charge on any atom is -0.481 e. The Morgan fingerprint density at radius 1 is 1.32 bits per heavy atom. The smallest absolute Gasteiger partial charge is 0.308 e. The maximum absolute atomic E-state index is 12.6. The molecule has 0 spiro atoms. The van der Waals surface area contributed by atoms with Crippen molar-refractivity contribution in [2.75, 3.05) is 26.7 Å². The van der Waals surface area contributed by atoms with Gasteiger partial charge in [0.15, 0.2) is 0 Å². The van der Waals surface area contributed by atoms with E-state index < -0.39 is 11.9 Å². The summed E-state index contributed by atoms with van der Waals surface area (Å²) in [4.78, 5) is 39.7. The highest BCUT2D eigenvalue weighted by Gasteiger charge is 2.29. The van der Waals surface area contributed by atoms with Crippen LogP contribution in [0.1, 0.15) is 22.5 Å². The molecule has 1 aliphatic rings. The summed E-state index contributed by atoms with van der Waals surface area (Å²) < 4.78 is 1.03. The van der Waals surface area contributed by atoms with E-state index in [1.54, 1.807) is 11.9 Å². The molecule has 1 aliphatic heterocycles. The zero-order chi connectivity index (χ0) is 18.0. The molecular weight excluding hydrogens is 340 g/mol. The first kappa shape index (κ1) is 17.4. The van der Waals surface area contributed by atoms with Gasteiger partial charge in [-0.1, -0.05) is 18.2 Å². The molecule has 1 N–H and O–H groups in total. The van der Waals surface area contributed by atoms with Crippen LogP contribution in [0.15, 0.2) is 30.3 Å². The number of likely N-dealkylation sites (N-methyl/N-ethyl adjacent to an activating group) is 1. The summed E-state index contributed by atoms with van der Waals surface area (Å²) in [6.07, 6.45) is 1.27. The fraction of sp³-hybridized carbons (Fsp3) is 0.389. The zero-order valence-corrected chi connectivity index (χ0v) is 14.8. The molecule has 1 aromatic heterocycles. The second kappa shape index (κ2) is 7.23. The van der Waals surface area contributed by atoms with Crippen LogP contribution in [-0.4, -0.2) is 59.4 Å². The van der Waals surface area contributed by atoms with Gasteiger partial charge in [-0.05, 0) is 30.4 Å². The van der Waals surface area contributed by atoms with E-state index in [-0.39, 0.29) is 24.9 Å². The Hall–Kier alpha value is -2.41. The molecule has 0 bridgehead atoms. The van der Waals surface area contributed by atoms with Gasteiger partial charge in [-0.2, -0.15) is 0 Å². The van der Waals surface area contributed by atoms with Gasteiger partial charge in [0, 0.05) is 24.8 Å². The van der Waals surface area contributed by atoms with E-state index >= 15 is 0 Å². The molecule has 1 atom stereocenters. The SMILES string of the molecule is CN(CC(=O)N1CCCC(C(=O)O)C1)C(=O)c1cc2ccccc2s1. The molecular formula is C18H20N2O4S. The standard InChI is InChI=1S/C18H20N2O4S/c1-19(11-16(21)20-8-4-6-13(10-20)18(23)24)17(22)15-9-12-5-2-3-7-14(12)25-15/h2-3,5,7,9,13H,4,6,8,10-11H2,1H3,(H,23,24). The van der Waals surface area contributed by atoms with Crippen molar-refractivity contribution >= 4 is 39.2 Å². The molecule has 132 valence electrons. The number of thiophene rings is 1. The van der Waals surface area contributed by atoms with Gasteiger partial charge in [0.05, 0.1) is 17.3 Å². The Morgan fingerprint density at radius 3 is 2.80 bits per heavy atom. The van der Waals surface area contributed by atoms with Gasteiger partial charge >= 0.3 is 5.97 Å². The number of carboxylic acid groups (broad SMARTS) is 1. The molecule has 7 heteroatoms. The lowest BCUT2D eigenvalue weighted by molar-refractivity contribution is -0.145. The van der Waals surface area contributed by atoms with Crippen LogP contribution in [-0.2, 0) is 9.59 Å². The highest BCUT2D eigenvalue weighted by atomic mass is 32.1. The van der Waals surface area contributed by atoms with Crippen molar-refractivity contribution in [1.29, 1.82) is 0 Å². The lowest BCUT2D eigenvalue weighted by Crippen LogP contribution is -2.46. The third-order valence-corrected chi connectivity index (χ3v) is 5.58. The van der Waals surface area contributed by atoms with E-state index in [1.807, 2.05) is 30.3 Å². The van der Waals surface area contributed by atoms with Crippen molar-refractivity contribution in [3.8, 4) is 0 Å². The van der Waals surface area contributed by atoms with E-state index in [4.69, 9.17) is 5.11 Å². The topological polar surface area (TPSA) is 77.9 Å². The Kier molecular flexibility index (Phi) is 5.03. The molecule has 1 saturated heterocycles. The highest BCUT2D eigenvalue weighted by molar-refractivity contribution is 7.20. The van der Waals surface area contributed by atoms with Crippen LogP contribution in [0.25, 0.3) is 10.1 Å². The molecule has 25 heavy (non-hydrogen) atoms. The van der Waals surface area contributed by atoms with Crippen LogP contribution in [0.5, 0.6) is 0 Å². The molecule has 0 radical (unpaired) electrons. The van der Waals surface area contributed by atoms with Crippen molar-refractivity contribution in [2.24, 2.45) is 5.92 Å². The van der Waals surface area contributed by atoms with Gasteiger partial charge in [-0.15, -0.1) is 11.3 Å². The lowest BCUT2D eigenvalue weighted by Gasteiger charge is -2.31. The molecule has 2 heterocycles. The molecule has 0 aliphatic carbocycles. The van der Waals surface area contributed by atoms with E-state index in [9.17, 15) is 14.4 Å². The molecule has 2 amide bonds. The second-order valence-corrected chi connectivity index (χ2v) is 7.41. The molecule has 3 rings (SSSR count). The second-order valence-electron chi connectivity index (χ2n) is 6.33. The molecule has 1 fully saturated rings. The van der Waals surface area contributed by atoms with E-state index in [1.165, 1.54) is 16.2 Å². The maximum Gasteiger partial charge on any atom is 0.308 e. The third kappa shape index (κ3) is 3.82. The largest absolute Gasteiger partial charge is 0.481 e. The van der Waals surface area contributed by atoms with Crippen LogP contribution in [0.4, 0.5) is 0 Å². The lowest BCUT2D eigenvalue weighted by atomic mass is 9.98. The minimum atomic E-state index is -0.868. The number of rotatable bonds is 4. The number of piperidine rings is 1. The van der Waals surface area contributed by atoms with Crippen molar-refractivity contribution in [2.45, 2.75) is 12.8 Å². The Bertz CT molecular complexity index is 783.